The number of hydrogen-bond donors (Lipinski definition) is 2. The highest BCUT2D eigenvalue weighted by Gasteiger charge is 2.17. The second-order valence-corrected chi connectivity index (χ2v) is 5.72. The van der Waals surface area contributed by atoms with Crippen molar-refractivity contribution in [1.82, 2.24) is 0 Å². The average Bonchev–Trinajstić information content (AvgIpc) is 2.62. The molecule has 0 spiro atoms. The zero-order chi connectivity index (χ0) is 17.4. The number of esters is 2. The number of carbonyl (C=O) groups excluding carboxylic acids is 2. The van der Waals surface area contributed by atoms with Crippen molar-refractivity contribution < 1.29 is 19.1 Å². The summed E-state index contributed by atoms with van der Waals surface area (Å²) >= 11 is 0. The molecule has 0 heterocycles. The summed E-state index contributed by atoms with van der Waals surface area (Å²) in [6.45, 7) is 0. The first kappa shape index (κ1) is 17.8. The Morgan fingerprint density at radius 2 is 1.71 bits per heavy atom. The van der Waals surface area contributed by atoms with E-state index in [1.165, 1.54) is 33.5 Å². The van der Waals surface area contributed by atoms with Gasteiger partial charge in [-0.3, -0.25) is 0 Å². The van der Waals surface area contributed by atoms with Crippen LogP contribution in [0.1, 0.15) is 32.1 Å². The minimum absolute atomic E-state index is 0.0299. The van der Waals surface area contributed by atoms with Crippen molar-refractivity contribution in [3.63, 3.8) is 0 Å². The molecule has 1 aromatic carbocycles. The van der Waals surface area contributed by atoms with E-state index in [1.807, 2.05) is 24.3 Å². The first-order chi connectivity index (χ1) is 11.6. The van der Waals surface area contributed by atoms with Crippen LogP contribution in [0.2, 0.25) is 0 Å². The van der Waals surface area contributed by atoms with E-state index in [1.54, 1.807) is 0 Å². The Morgan fingerprint density at radius 1 is 1.04 bits per heavy atom. The highest BCUT2D eigenvalue weighted by atomic mass is 16.5. The van der Waals surface area contributed by atoms with Crippen LogP contribution >= 0.6 is 0 Å². The fraction of sp³-hybridized carbons (Fsp3) is 0.444. The van der Waals surface area contributed by atoms with Gasteiger partial charge in [-0.25, -0.2) is 9.59 Å². The van der Waals surface area contributed by atoms with Gasteiger partial charge in [0, 0.05) is 6.04 Å². The van der Waals surface area contributed by atoms with Crippen molar-refractivity contribution in [1.29, 1.82) is 0 Å². The molecule has 6 heteroatoms. The van der Waals surface area contributed by atoms with E-state index in [0.29, 0.717) is 11.7 Å². The lowest BCUT2D eigenvalue weighted by Gasteiger charge is -2.25. The maximum Gasteiger partial charge on any atom is 0.354 e. The molecule has 24 heavy (non-hydrogen) atoms. The lowest BCUT2D eigenvalue weighted by Crippen LogP contribution is -2.23. The smallest absolute Gasteiger partial charge is 0.354 e. The van der Waals surface area contributed by atoms with E-state index in [0.717, 1.165) is 24.6 Å². The summed E-state index contributed by atoms with van der Waals surface area (Å²) < 4.78 is 9.31. The Hall–Kier alpha value is -2.50. The molecule has 1 aliphatic rings. The van der Waals surface area contributed by atoms with Crippen molar-refractivity contribution in [2.75, 3.05) is 24.9 Å². The first-order valence-electron chi connectivity index (χ1n) is 8.14. The second kappa shape index (κ2) is 8.96. The minimum Gasteiger partial charge on any atom is -0.466 e. The third kappa shape index (κ3) is 5.01. The number of nitrogens with one attached hydrogen (secondary N) is 2. The lowest BCUT2D eigenvalue weighted by atomic mass is 9.95. The van der Waals surface area contributed by atoms with Gasteiger partial charge in [0.15, 0.2) is 0 Å². The summed E-state index contributed by atoms with van der Waals surface area (Å²) in [4.78, 5) is 23.4. The SMILES string of the molecule is COC(=O)/C=C(/Nc1ccccc1NC1CCCCC1)C(=O)OC. The van der Waals surface area contributed by atoms with Crippen LogP contribution in [0, 0.1) is 0 Å². The third-order valence-electron chi connectivity index (χ3n) is 4.03. The Morgan fingerprint density at radius 3 is 2.33 bits per heavy atom. The van der Waals surface area contributed by atoms with E-state index < -0.39 is 11.9 Å². The number of para-hydroxylation sites is 2. The Balaban J connectivity index is 2.18. The van der Waals surface area contributed by atoms with Crippen LogP contribution in [-0.2, 0) is 19.1 Å². The maximum absolute atomic E-state index is 11.9. The number of carbonyl (C=O) groups is 2. The Labute approximate surface area is 142 Å². The molecule has 2 N–H and O–H groups in total. The summed E-state index contributed by atoms with van der Waals surface area (Å²) in [7, 11) is 2.52. The zero-order valence-corrected chi connectivity index (χ0v) is 14.1. The fourth-order valence-corrected chi connectivity index (χ4v) is 2.76. The van der Waals surface area contributed by atoms with Gasteiger partial charge in [0.25, 0.3) is 0 Å². The van der Waals surface area contributed by atoms with Gasteiger partial charge in [0.1, 0.15) is 5.70 Å². The predicted octanol–water partition coefficient (Wildman–Crippen LogP) is 3.07. The standard InChI is InChI=1S/C18H24N2O4/c1-23-17(21)12-16(18(22)24-2)20-15-11-7-6-10-14(15)19-13-8-4-3-5-9-13/h6-7,10-13,19-20H,3-5,8-9H2,1-2H3/b16-12+. The fourth-order valence-electron chi connectivity index (χ4n) is 2.76. The number of ether oxygens (including phenoxy) is 2. The highest BCUT2D eigenvalue weighted by molar-refractivity contribution is 5.99. The number of hydrogen-bond acceptors (Lipinski definition) is 6. The van der Waals surface area contributed by atoms with Crippen LogP contribution in [0.5, 0.6) is 0 Å². The van der Waals surface area contributed by atoms with Crippen LogP contribution in [0.25, 0.3) is 0 Å². The van der Waals surface area contributed by atoms with Crippen LogP contribution in [0.4, 0.5) is 11.4 Å². The van der Waals surface area contributed by atoms with E-state index in [-0.39, 0.29) is 5.70 Å². The van der Waals surface area contributed by atoms with Crippen LogP contribution in [0.3, 0.4) is 0 Å². The molecule has 0 bridgehead atoms. The molecule has 0 unspecified atom stereocenters. The molecule has 1 saturated carbocycles. The zero-order valence-electron chi connectivity index (χ0n) is 14.1. The number of methoxy groups -OCH3 is 2. The molecule has 0 amide bonds. The number of anilines is 2. The van der Waals surface area contributed by atoms with Gasteiger partial charge in [-0.2, -0.15) is 0 Å². The second-order valence-electron chi connectivity index (χ2n) is 5.72. The van der Waals surface area contributed by atoms with Crippen molar-refractivity contribution in [2.24, 2.45) is 0 Å². The van der Waals surface area contributed by atoms with Crippen molar-refractivity contribution >= 4 is 23.3 Å². The number of benzene rings is 1. The molecule has 130 valence electrons. The summed E-state index contributed by atoms with van der Waals surface area (Å²) in [5, 5.41) is 6.50. The number of rotatable bonds is 6. The van der Waals surface area contributed by atoms with Crippen molar-refractivity contribution in [3.8, 4) is 0 Å². The third-order valence-corrected chi connectivity index (χ3v) is 4.03. The monoisotopic (exact) mass is 332 g/mol. The first-order valence-corrected chi connectivity index (χ1v) is 8.14. The molecule has 1 aromatic rings. The quantitative estimate of drug-likeness (QED) is 0.616. The molecular weight excluding hydrogens is 308 g/mol. The van der Waals surface area contributed by atoms with E-state index in [9.17, 15) is 9.59 Å². The molecule has 0 atom stereocenters. The predicted molar refractivity (Wildman–Crippen MR) is 92.7 cm³/mol. The van der Waals surface area contributed by atoms with E-state index in [2.05, 4.69) is 15.4 Å². The van der Waals surface area contributed by atoms with Gasteiger partial charge in [0.2, 0.25) is 0 Å². The molecule has 0 aliphatic heterocycles. The molecule has 0 aromatic heterocycles. The van der Waals surface area contributed by atoms with Gasteiger partial charge in [-0.05, 0) is 25.0 Å². The van der Waals surface area contributed by atoms with Crippen molar-refractivity contribution in [2.45, 2.75) is 38.1 Å². The molecule has 0 radical (unpaired) electrons. The summed E-state index contributed by atoms with van der Waals surface area (Å²) in [6, 6.07) is 8.01. The average molecular weight is 332 g/mol. The molecule has 1 fully saturated rings. The van der Waals surface area contributed by atoms with Gasteiger partial charge in [-0.15, -0.1) is 0 Å². The van der Waals surface area contributed by atoms with Gasteiger partial charge in [-0.1, -0.05) is 31.4 Å². The van der Waals surface area contributed by atoms with E-state index >= 15 is 0 Å². The van der Waals surface area contributed by atoms with Gasteiger partial charge in [0.05, 0.1) is 31.7 Å². The summed E-state index contributed by atoms with van der Waals surface area (Å²) in [5.74, 6) is -1.26. The molecular formula is C18H24N2O4. The van der Waals surface area contributed by atoms with Crippen LogP contribution in [-0.4, -0.2) is 32.2 Å². The lowest BCUT2D eigenvalue weighted by molar-refractivity contribution is -0.138. The Bertz CT molecular complexity index is 607. The van der Waals surface area contributed by atoms with Crippen LogP contribution < -0.4 is 10.6 Å². The topological polar surface area (TPSA) is 76.7 Å². The van der Waals surface area contributed by atoms with Gasteiger partial charge < -0.3 is 20.1 Å². The molecule has 0 saturated heterocycles. The summed E-state index contributed by atoms with van der Waals surface area (Å²) in [6.07, 6.45) is 7.09. The molecule has 1 aliphatic carbocycles. The Kier molecular flexibility index (Phi) is 6.66. The normalized spacial score (nSPS) is 15.5. The van der Waals surface area contributed by atoms with Gasteiger partial charge >= 0.3 is 11.9 Å². The largest absolute Gasteiger partial charge is 0.466 e. The minimum atomic E-state index is -0.632. The van der Waals surface area contributed by atoms with Crippen LogP contribution in [0.15, 0.2) is 36.0 Å². The van der Waals surface area contributed by atoms with Crippen molar-refractivity contribution in [3.05, 3.63) is 36.0 Å². The molecule has 2 rings (SSSR count). The summed E-state index contributed by atoms with van der Waals surface area (Å²) in [5.41, 5.74) is 1.63. The maximum atomic E-state index is 11.9. The van der Waals surface area contributed by atoms with E-state index in [4.69, 9.17) is 4.74 Å². The highest BCUT2D eigenvalue weighted by Crippen LogP contribution is 2.27. The molecule has 6 nitrogen and oxygen atoms in total.